The summed E-state index contributed by atoms with van der Waals surface area (Å²) in [5.74, 6) is -1.30. The maximum atomic E-state index is 13.6. The Labute approximate surface area is 130 Å². The van der Waals surface area contributed by atoms with Crippen LogP contribution in [0.15, 0.2) is 22.7 Å². The number of rotatable bonds is 3. The average molecular weight is 359 g/mol. The van der Waals surface area contributed by atoms with Crippen LogP contribution in [-0.2, 0) is 11.3 Å². The van der Waals surface area contributed by atoms with Crippen molar-refractivity contribution in [1.82, 2.24) is 10.2 Å². The Morgan fingerprint density at radius 3 is 2.86 bits per heavy atom. The summed E-state index contributed by atoms with van der Waals surface area (Å²) in [5, 5.41) is 11.8. The monoisotopic (exact) mass is 358 g/mol. The van der Waals surface area contributed by atoms with E-state index in [-0.39, 0.29) is 19.1 Å². The summed E-state index contributed by atoms with van der Waals surface area (Å²) in [6, 6.07) is 4.13. The van der Waals surface area contributed by atoms with E-state index in [0.29, 0.717) is 18.5 Å². The van der Waals surface area contributed by atoms with Gasteiger partial charge >= 0.3 is 12.0 Å². The molecule has 0 bridgehead atoms. The number of carboxylic acid groups (broad SMARTS) is 1. The van der Waals surface area contributed by atoms with Gasteiger partial charge < -0.3 is 15.3 Å². The lowest BCUT2D eigenvalue weighted by Gasteiger charge is -2.20. The minimum Gasteiger partial charge on any atom is -0.481 e. The van der Waals surface area contributed by atoms with Crippen molar-refractivity contribution >= 4 is 27.9 Å². The largest absolute Gasteiger partial charge is 0.481 e. The highest BCUT2D eigenvalue weighted by molar-refractivity contribution is 9.10. The minimum atomic E-state index is -0.907. The molecule has 1 aromatic rings. The van der Waals surface area contributed by atoms with Crippen LogP contribution in [0, 0.1) is 11.2 Å². The lowest BCUT2D eigenvalue weighted by molar-refractivity contribution is -0.146. The third-order valence-corrected chi connectivity index (χ3v) is 4.21. The number of benzene rings is 1. The lowest BCUT2D eigenvalue weighted by atomic mass is 9.90. The topological polar surface area (TPSA) is 69.6 Å². The Morgan fingerprint density at radius 1 is 1.52 bits per heavy atom. The molecule has 7 heteroatoms. The predicted octanol–water partition coefficient (Wildman–Crippen LogP) is 2.59. The molecule has 0 aliphatic carbocycles. The molecule has 2 N–H and O–H groups in total. The van der Waals surface area contributed by atoms with Gasteiger partial charge in [-0.05, 0) is 31.5 Å². The molecular weight excluding hydrogens is 343 g/mol. The Kier molecular flexibility index (Phi) is 4.51. The SMILES string of the molecule is CC1(C(=O)O)CCN(C(=O)NCc2cc(Br)ccc2F)C1. The molecule has 0 saturated carbocycles. The molecule has 1 aromatic carbocycles. The van der Waals surface area contributed by atoms with Crippen LogP contribution in [0.1, 0.15) is 18.9 Å². The molecule has 0 radical (unpaired) electrons. The van der Waals surface area contributed by atoms with Gasteiger partial charge in [-0.25, -0.2) is 9.18 Å². The maximum Gasteiger partial charge on any atom is 0.317 e. The van der Waals surface area contributed by atoms with Gasteiger partial charge in [-0.2, -0.15) is 0 Å². The van der Waals surface area contributed by atoms with Crippen molar-refractivity contribution < 1.29 is 19.1 Å². The zero-order chi connectivity index (χ0) is 15.6. The fourth-order valence-electron chi connectivity index (χ4n) is 2.27. The van der Waals surface area contributed by atoms with Crippen LogP contribution in [0.2, 0.25) is 0 Å². The Morgan fingerprint density at radius 2 is 2.24 bits per heavy atom. The van der Waals surface area contributed by atoms with Gasteiger partial charge in [0.25, 0.3) is 0 Å². The Hall–Kier alpha value is -1.63. The second kappa shape index (κ2) is 6.01. The molecule has 1 heterocycles. The van der Waals surface area contributed by atoms with Crippen molar-refractivity contribution in [1.29, 1.82) is 0 Å². The molecule has 1 atom stereocenters. The highest BCUT2D eigenvalue weighted by Gasteiger charge is 2.42. The van der Waals surface area contributed by atoms with E-state index < -0.39 is 17.2 Å². The Balaban J connectivity index is 1.94. The molecule has 1 aliphatic rings. The van der Waals surface area contributed by atoms with Crippen molar-refractivity contribution in [3.63, 3.8) is 0 Å². The third-order valence-electron chi connectivity index (χ3n) is 3.71. The van der Waals surface area contributed by atoms with Crippen molar-refractivity contribution in [2.24, 2.45) is 5.41 Å². The first-order chi connectivity index (χ1) is 9.82. The first-order valence-corrected chi connectivity index (χ1v) is 7.31. The van der Waals surface area contributed by atoms with Crippen LogP contribution in [0.4, 0.5) is 9.18 Å². The number of carboxylic acids is 1. The third kappa shape index (κ3) is 3.53. The van der Waals surface area contributed by atoms with Crippen LogP contribution >= 0.6 is 15.9 Å². The van der Waals surface area contributed by atoms with E-state index in [0.717, 1.165) is 4.47 Å². The molecule has 114 valence electrons. The molecule has 2 rings (SSSR count). The number of carbonyl (C=O) groups is 2. The van der Waals surface area contributed by atoms with E-state index in [1.54, 1.807) is 19.1 Å². The first-order valence-electron chi connectivity index (χ1n) is 6.52. The number of nitrogens with one attached hydrogen (secondary N) is 1. The predicted molar refractivity (Wildman–Crippen MR) is 78.3 cm³/mol. The highest BCUT2D eigenvalue weighted by atomic mass is 79.9. The number of hydrogen-bond acceptors (Lipinski definition) is 2. The smallest absolute Gasteiger partial charge is 0.317 e. The van der Waals surface area contributed by atoms with Gasteiger partial charge in [0.15, 0.2) is 0 Å². The average Bonchev–Trinajstić information content (AvgIpc) is 2.84. The number of carbonyl (C=O) groups excluding carboxylic acids is 1. The minimum absolute atomic E-state index is 0.0599. The quantitative estimate of drug-likeness (QED) is 0.872. The summed E-state index contributed by atoms with van der Waals surface area (Å²) in [5.41, 5.74) is -0.531. The molecule has 2 amide bonds. The van der Waals surface area contributed by atoms with Crippen LogP contribution in [0.5, 0.6) is 0 Å². The standard InChI is InChI=1S/C14H16BrFN2O3/c1-14(12(19)20)4-5-18(8-14)13(21)17-7-9-6-10(15)2-3-11(9)16/h2-3,6H,4-5,7-8H2,1H3,(H,17,21)(H,19,20). The summed E-state index contributed by atoms with van der Waals surface area (Å²) in [7, 11) is 0. The molecule has 1 aliphatic heterocycles. The second-order valence-electron chi connectivity index (χ2n) is 5.43. The molecule has 21 heavy (non-hydrogen) atoms. The van der Waals surface area contributed by atoms with Gasteiger partial charge in [0.2, 0.25) is 0 Å². The van der Waals surface area contributed by atoms with Gasteiger partial charge in [-0.1, -0.05) is 15.9 Å². The molecular formula is C14H16BrFN2O3. The van der Waals surface area contributed by atoms with Crippen molar-refractivity contribution in [2.75, 3.05) is 13.1 Å². The zero-order valence-electron chi connectivity index (χ0n) is 11.5. The highest BCUT2D eigenvalue weighted by Crippen LogP contribution is 2.30. The van der Waals surface area contributed by atoms with E-state index >= 15 is 0 Å². The number of halogens is 2. The van der Waals surface area contributed by atoms with E-state index in [4.69, 9.17) is 5.11 Å². The summed E-state index contributed by atoms with van der Waals surface area (Å²) >= 11 is 3.25. The first kappa shape index (κ1) is 15.8. The Bertz CT molecular complexity index is 581. The molecule has 5 nitrogen and oxygen atoms in total. The normalized spacial score (nSPS) is 21.4. The lowest BCUT2D eigenvalue weighted by Crippen LogP contribution is -2.40. The number of hydrogen-bond donors (Lipinski definition) is 2. The van der Waals surface area contributed by atoms with Gasteiger partial charge in [0.1, 0.15) is 5.82 Å². The number of urea groups is 1. The summed E-state index contributed by atoms with van der Waals surface area (Å²) < 4.78 is 14.3. The molecule has 0 spiro atoms. The second-order valence-corrected chi connectivity index (χ2v) is 6.35. The van der Waals surface area contributed by atoms with Gasteiger partial charge in [0.05, 0.1) is 5.41 Å². The fourth-order valence-corrected chi connectivity index (χ4v) is 2.68. The van der Waals surface area contributed by atoms with Gasteiger partial charge in [-0.3, -0.25) is 4.79 Å². The van der Waals surface area contributed by atoms with E-state index in [1.165, 1.54) is 11.0 Å². The van der Waals surface area contributed by atoms with E-state index in [2.05, 4.69) is 21.2 Å². The zero-order valence-corrected chi connectivity index (χ0v) is 13.1. The summed E-state index contributed by atoms with van der Waals surface area (Å²) in [6.45, 7) is 2.23. The van der Waals surface area contributed by atoms with Crippen molar-refractivity contribution in [2.45, 2.75) is 19.9 Å². The molecule has 1 unspecified atom stereocenters. The molecule has 1 fully saturated rings. The van der Waals surface area contributed by atoms with Gasteiger partial charge in [0, 0.05) is 29.7 Å². The van der Waals surface area contributed by atoms with Crippen LogP contribution in [-0.4, -0.2) is 35.1 Å². The van der Waals surface area contributed by atoms with E-state index in [9.17, 15) is 14.0 Å². The van der Waals surface area contributed by atoms with E-state index in [1.807, 2.05) is 0 Å². The van der Waals surface area contributed by atoms with Gasteiger partial charge in [-0.15, -0.1) is 0 Å². The van der Waals surface area contributed by atoms with Crippen LogP contribution < -0.4 is 5.32 Å². The fraction of sp³-hybridized carbons (Fsp3) is 0.429. The van der Waals surface area contributed by atoms with Crippen molar-refractivity contribution in [3.05, 3.63) is 34.1 Å². The van der Waals surface area contributed by atoms with Crippen LogP contribution in [0.3, 0.4) is 0 Å². The maximum absolute atomic E-state index is 13.6. The van der Waals surface area contributed by atoms with Crippen molar-refractivity contribution in [3.8, 4) is 0 Å². The molecule has 0 aromatic heterocycles. The number of likely N-dealkylation sites (tertiary alicyclic amines) is 1. The molecule has 1 saturated heterocycles. The van der Waals surface area contributed by atoms with Crippen LogP contribution in [0.25, 0.3) is 0 Å². The summed E-state index contributed by atoms with van der Waals surface area (Å²) in [6.07, 6.45) is 0.418. The number of aliphatic carboxylic acids is 1. The summed E-state index contributed by atoms with van der Waals surface area (Å²) in [4.78, 5) is 24.6. The number of amides is 2. The number of nitrogens with zero attached hydrogens (tertiary/aromatic N) is 1.